The van der Waals surface area contributed by atoms with E-state index in [-0.39, 0.29) is 0 Å². The molecule has 0 atom stereocenters. The summed E-state index contributed by atoms with van der Waals surface area (Å²) in [5.74, 6) is 1.67. The SMILES string of the molecule is N#Cc1ccc(-c2nc(-c3ccccc3)nc(-c3ccc(-c4cccc5c4oc4c(-c6cc(-c7cccnc7)cc(-c7cccnc7)c6)cccc45)cc3)n2)cc1. The van der Waals surface area contributed by atoms with Gasteiger partial charge in [0.05, 0.1) is 11.6 Å². The van der Waals surface area contributed by atoms with Crippen molar-refractivity contribution in [1.29, 1.82) is 5.26 Å². The third-order valence-corrected chi connectivity index (χ3v) is 10.2. The first-order valence-electron chi connectivity index (χ1n) is 18.5. The van der Waals surface area contributed by atoms with Gasteiger partial charge in [0, 0.05) is 74.5 Å². The minimum absolute atomic E-state index is 0.536. The standard InChI is InChI=1S/C50H30N6O/c51-29-32-16-18-35(19-17-32)49-54-48(34-8-2-1-3-9-34)55-50(56-49)36-22-20-33(21-23-36)42-12-4-14-44-45-15-5-13-43(47(45)57-46(42)44)41-27-39(37-10-6-24-52-30-37)26-40(28-41)38-11-7-25-53-31-38/h1-28,30-31H. The molecule has 57 heavy (non-hydrogen) atoms. The molecule has 0 fully saturated rings. The molecule has 0 spiro atoms. The lowest BCUT2D eigenvalue weighted by atomic mass is 9.93. The van der Waals surface area contributed by atoms with Crippen molar-refractivity contribution < 1.29 is 4.42 Å². The van der Waals surface area contributed by atoms with Crippen LogP contribution in [0.5, 0.6) is 0 Å². The van der Waals surface area contributed by atoms with Gasteiger partial charge in [-0.15, -0.1) is 0 Å². The highest BCUT2D eigenvalue weighted by Gasteiger charge is 2.18. The Balaban J connectivity index is 1.06. The quantitative estimate of drug-likeness (QED) is 0.161. The molecule has 0 N–H and O–H groups in total. The predicted octanol–water partition coefficient (Wildman–Crippen LogP) is 12.1. The number of nitrogens with zero attached hydrogens (tertiary/aromatic N) is 6. The Labute approximate surface area is 328 Å². The average Bonchev–Trinajstić information content (AvgIpc) is 3.69. The van der Waals surface area contributed by atoms with Gasteiger partial charge in [-0.05, 0) is 76.9 Å². The summed E-state index contributed by atoms with van der Waals surface area (Å²) in [7, 11) is 0. The fourth-order valence-electron chi connectivity index (χ4n) is 7.30. The normalized spacial score (nSPS) is 11.1. The van der Waals surface area contributed by atoms with E-state index < -0.39 is 0 Å². The Kier molecular flexibility index (Phi) is 8.40. The van der Waals surface area contributed by atoms with Crippen molar-refractivity contribution in [2.45, 2.75) is 0 Å². The zero-order chi connectivity index (χ0) is 38.1. The van der Waals surface area contributed by atoms with E-state index in [0.717, 1.165) is 83.1 Å². The van der Waals surface area contributed by atoms with Crippen LogP contribution in [0.4, 0.5) is 0 Å². The largest absolute Gasteiger partial charge is 0.455 e. The molecule has 0 aliphatic rings. The van der Waals surface area contributed by atoms with Crippen LogP contribution in [0, 0.1) is 11.3 Å². The van der Waals surface area contributed by atoms with Crippen LogP contribution in [-0.2, 0) is 0 Å². The van der Waals surface area contributed by atoms with Gasteiger partial charge < -0.3 is 4.42 Å². The molecule has 7 nitrogen and oxygen atoms in total. The number of rotatable bonds is 7. The van der Waals surface area contributed by atoms with E-state index in [1.54, 1.807) is 24.5 Å². The zero-order valence-electron chi connectivity index (χ0n) is 30.4. The van der Waals surface area contributed by atoms with Gasteiger partial charge in [-0.25, -0.2) is 15.0 Å². The van der Waals surface area contributed by atoms with Crippen molar-refractivity contribution in [3.8, 4) is 84.7 Å². The Morgan fingerprint density at radius 1 is 0.386 bits per heavy atom. The monoisotopic (exact) mass is 730 g/mol. The van der Waals surface area contributed by atoms with Crippen LogP contribution in [-0.4, -0.2) is 24.9 Å². The number of hydrogen-bond acceptors (Lipinski definition) is 7. The van der Waals surface area contributed by atoms with E-state index in [1.807, 2.05) is 79.1 Å². The van der Waals surface area contributed by atoms with Crippen LogP contribution >= 0.6 is 0 Å². The van der Waals surface area contributed by atoms with Gasteiger partial charge in [0.2, 0.25) is 0 Å². The highest BCUT2D eigenvalue weighted by molar-refractivity contribution is 6.13. The summed E-state index contributed by atoms with van der Waals surface area (Å²) in [6.45, 7) is 0. The molecule has 0 unspecified atom stereocenters. The summed E-state index contributed by atoms with van der Waals surface area (Å²) in [5, 5.41) is 11.4. The molecule has 4 aromatic heterocycles. The van der Waals surface area contributed by atoms with E-state index >= 15 is 0 Å². The highest BCUT2D eigenvalue weighted by Crippen LogP contribution is 2.42. The van der Waals surface area contributed by atoms with Gasteiger partial charge in [0.15, 0.2) is 17.5 Å². The van der Waals surface area contributed by atoms with Crippen LogP contribution < -0.4 is 0 Å². The van der Waals surface area contributed by atoms with Crippen molar-refractivity contribution in [2.24, 2.45) is 0 Å². The van der Waals surface area contributed by atoms with E-state index in [2.05, 4.69) is 94.9 Å². The maximum Gasteiger partial charge on any atom is 0.164 e. The number of benzene rings is 6. The molecule has 0 aliphatic heterocycles. The second-order valence-electron chi connectivity index (χ2n) is 13.7. The van der Waals surface area contributed by atoms with Gasteiger partial charge in [-0.1, -0.05) is 103 Å². The molecule has 0 amide bonds. The van der Waals surface area contributed by atoms with Gasteiger partial charge in [0.25, 0.3) is 0 Å². The van der Waals surface area contributed by atoms with Crippen molar-refractivity contribution in [2.75, 3.05) is 0 Å². The fourth-order valence-corrected chi connectivity index (χ4v) is 7.30. The molecule has 4 heterocycles. The molecule has 10 rings (SSSR count). The molecule has 0 saturated carbocycles. The molecule has 10 aromatic rings. The van der Waals surface area contributed by atoms with Gasteiger partial charge in [-0.2, -0.15) is 5.26 Å². The van der Waals surface area contributed by atoms with Gasteiger partial charge in [-0.3, -0.25) is 9.97 Å². The molecule has 266 valence electrons. The van der Waals surface area contributed by atoms with Crippen LogP contribution in [0.1, 0.15) is 5.56 Å². The Morgan fingerprint density at radius 3 is 1.35 bits per heavy atom. The number of nitriles is 1. The number of aromatic nitrogens is 5. The van der Waals surface area contributed by atoms with E-state index in [0.29, 0.717) is 23.0 Å². The average molecular weight is 731 g/mol. The minimum Gasteiger partial charge on any atom is -0.455 e. The molecular weight excluding hydrogens is 701 g/mol. The Morgan fingerprint density at radius 2 is 0.842 bits per heavy atom. The summed E-state index contributed by atoms with van der Waals surface area (Å²) in [5.41, 5.74) is 13.0. The third kappa shape index (κ3) is 6.37. The topological polar surface area (TPSA) is 101 Å². The predicted molar refractivity (Wildman–Crippen MR) is 225 cm³/mol. The molecular formula is C50H30N6O. The Hall–Kier alpha value is -8.08. The smallest absolute Gasteiger partial charge is 0.164 e. The number of pyridine rings is 2. The summed E-state index contributed by atoms with van der Waals surface area (Å²) in [6, 6.07) is 54.9. The van der Waals surface area contributed by atoms with Gasteiger partial charge in [0.1, 0.15) is 11.2 Å². The number of furan rings is 1. The second kappa shape index (κ2) is 14.3. The van der Waals surface area contributed by atoms with Crippen molar-refractivity contribution in [3.63, 3.8) is 0 Å². The zero-order valence-corrected chi connectivity index (χ0v) is 30.4. The van der Waals surface area contributed by atoms with Gasteiger partial charge >= 0.3 is 0 Å². The third-order valence-electron chi connectivity index (χ3n) is 10.2. The number of hydrogen-bond donors (Lipinski definition) is 0. The number of fused-ring (bicyclic) bond motifs is 3. The van der Waals surface area contributed by atoms with Crippen molar-refractivity contribution in [1.82, 2.24) is 24.9 Å². The van der Waals surface area contributed by atoms with Crippen LogP contribution in [0.25, 0.3) is 101 Å². The molecule has 0 aliphatic carbocycles. The maximum atomic E-state index is 9.33. The van der Waals surface area contributed by atoms with Crippen LogP contribution in [0.2, 0.25) is 0 Å². The summed E-state index contributed by atoms with van der Waals surface area (Å²) < 4.78 is 6.90. The first-order chi connectivity index (χ1) is 28.2. The van der Waals surface area contributed by atoms with Crippen molar-refractivity contribution in [3.05, 3.63) is 188 Å². The molecule has 0 radical (unpaired) electrons. The van der Waals surface area contributed by atoms with Crippen LogP contribution in [0.15, 0.2) is 187 Å². The highest BCUT2D eigenvalue weighted by atomic mass is 16.3. The summed E-state index contributed by atoms with van der Waals surface area (Å²) in [6.07, 6.45) is 7.37. The summed E-state index contributed by atoms with van der Waals surface area (Å²) >= 11 is 0. The second-order valence-corrected chi connectivity index (χ2v) is 13.7. The lowest BCUT2D eigenvalue weighted by molar-refractivity contribution is 0.671. The molecule has 6 aromatic carbocycles. The fraction of sp³-hybridized carbons (Fsp3) is 0. The van der Waals surface area contributed by atoms with Crippen molar-refractivity contribution >= 4 is 21.9 Å². The molecule has 0 saturated heterocycles. The lowest BCUT2D eigenvalue weighted by Crippen LogP contribution is -2.00. The Bertz CT molecular complexity index is 3040. The first-order valence-corrected chi connectivity index (χ1v) is 18.5. The van der Waals surface area contributed by atoms with E-state index in [1.165, 1.54) is 0 Å². The number of para-hydroxylation sites is 2. The van der Waals surface area contributed by atoms with E-state index in [4.69, 9.17) is 19.4 Å². The van der Waals surface area contributed by atoms with E-state index in [9.17, 15) is 5.26 Å². The van der Waals surface area contributed by atoms with Crippen LogP contribution in [0.3, 0.4) is 0 Å². The molecule has 7 heteroatoms. The maximum absolute atomic E-state index is 9.33. The summed E-state index contributed by atoms with van der Waals surface area (Å²) in [4.78, 5) is 23.4. The minimum atomic E-state index is 0.536. The first kappa shape index (κ1) is 33.5. The lowest BCUT2D eigenvalue weighted by Gasteiger charge is -2.11. The molecule has 0 bridgehead atoms.